The number of hydrogen-bond donors (Lipinski definition) is 1. The van der Waals surface area contributed by atoms with Gasteiger partial charge < -0.3 is 10.1 Å². The van der Waals surface area contributed by atoms with E-state index in [1.54, 1.807) is 18.2 Å². The molecule has 2 nitrogen and oxygen atoms in total. The molecule has 120 valence electrons. The van der Waals surface area contributed by atoms with E-state index >= 15 is 0 Å². The second-order valence-corrected chi connectivity index (χ2v) is 5.29. The van der Waals surface area contributed by atoms with Gasteiger partial charge in [-0.2, -0.15) is 0 Å². The predicted molar refractivity (Wildman–Crippen MR) is 78.2 cm³/mol. The number of nitrogens with one attached hydrogen (secondary N) is 1. The highest BCUT2D eigenvalue weighted by atomic mass is 19.4. The van der Waals surface area contributed by atoms with Gasteiger partial charge in [-0.25, -0.2) is 0 Å². The number of rotatable bonds is 9. The van der Waals surface area contributed by atoms with E-state index in [1.807, 2.05) is 0 Å². The molecule has 0 fully saturated rings. The van der Waals surface area contributed by atoms with E-state index in [4.69, 9.17) is 0 Å². The monoisotopic (exact) mass is 303 g/mol. The lowest BCUT2D eigenvalue weighted by molar-refractivity contribution is -0.274. The number of alkyl halides is 3. The van der Waals surface area contributed by atoms with Crippen LogP contribution in [0.5, 0.6) is 5.75 Å². The van der Waals surface area contributed by atoms with E-state index in [0.29, 0.717) is 12.1 Å². The average Bonchev–Trinajstić information content (AvgIpc) is 2.41. The molecule has 0 amide bonds. The van der Waals surface area contributed by atoms with Crippen molar-refractivity contribution in [2.45, 2.75) is 64.9 Å². The molecule has 0 aromatic heterocycles. The summed E-state index contributed by atoms with van der Waals surface area (Å²) in [4.78, 5) is 0. The minimum absolute atomic E-state index is 0.129. The number of benzene rings is 1. The summed E-state index contributed by atoms with van der Waals surface area (Å²) in [6.45, 7) is 4.60. The van der Waals surface area contributed by atoms with Crippen LogP contribution in [0.4, 0.5) is 13.2 Å². The van der Waals surface area contributed by atoms with E-state index in [2.05, 4.69) is 23.9 Å². The zero-order valence-electron chi connectivity index (χ0n) is 12.7. The van der Waals surface area contributed by atoms with E-state index < -0.39 is 6.36 Å². The Kier molecular flexibility index (Phi) is 7.57. The molecule has 0 saturated carbocycles. The number of unbranched alkanes of at least 4 members (excludes halogenated alkanes) is 3. The summed E-state index contributed by atoms with van der Waals surface area (Å²) in [5.41, 5.74) is 0.523. The van der Waals surface area contributed by atoms with Crippen LogP contribution in [0.1, 0.15) is 51.5 Å². The average molecular weight is 303 g/mol. The van der Waals surface area contributed by atoms with Gasteiger partial charge in [-0.05, 0) is 19.4 Å². The van der Waals surface area contributed by atoms with Crippen LogP contribution in [-0.2, 0) is 6.54 Å². The maximum absolute atomic E-state index is 12.3. The van der Waals surface area contributed by atoms with Crippen molar-refractivity contribution in [1.29, 1.82) is 0 Å². The summed E-state index contributed by atoms with van der Waals surface area (Å²) in [7, 11) is 0. The largest absolute Gasteiger partial charge is 0.573 e. The smallest absolute Gasteiger partial charge is 0.405 e. The molecule has 0 aliphatic rings. The fraction of sp³-hybridized carbons (Fsp3) is 0.625. The van der Waals surface area contributed by atoms with Crippen molar-refractivity contribution in [3.63, 3.8) is 0 Å². The topological polar surface area (TPSA) is 21.3 Å². The third-order valence-corrected chi connectivity index (χ3v) is 3.33. The van der Waals surface area contributed by atoms with Gasteiger partial charge in [0.1, 0.15) is 5.75 Å². The highest BCUT2D eigenvalue weighted by molar-refractivity contribution is 5.33. The van der Waals surface area contributed by atoms with Gasteiger partial charge in [0.05, 0.1) is 0 Å². The molecule has 21 heavy (non-hydrogen) atoms. The Balaban J connectivity index is 2.44. The first-order valence-corrected chi connectivity index (χ1v) is 7.49. The number of para-hydroxylation sites is 1. The first-order valence-electron chi connectivity index (χ1n) is 7.49. The lowest BCUT2D eigenvalue weighted by atomic mass is 10.1. The lowest BCUT2D eigenvalue weighted by Gasteiger charge is -2.16. The standard InChI is InChI=1S/C16H24F3NO/c1-3-4-5-6-9-13(2)20-12-14-10-7-8-11-15(14)21-16(17,18)19/h7-8,10-11,13,20H,3-6,9,12H2,1-2H3. The highest BCUT2D eigenvalue weighted by Crippen LogP contribution is 2.26. The minimum Gasteiger partial charge on any atom is -0.405 e. The Hall–Kier alpha value is -1.23. The van der Waals surface area contributed by atoms with Gasteiger partial charge in [0.15, 0.2) is 0 Å². The van der Waals surface area contributed by atoms with Gasteiger partial charge in [0, 0.05) is 18.2 Å². The minimum atomic E-state index is -4.65. The van der Waals surface area contributed by atoms with Gasteiger partial charge in [0.25, 0.3) is 0 Å². The fourth-order valence-electron chi connectivity index (χ4n) is 2.14. The molecular formula is C16H24F3NO. The lowest BCUT2D eigenvalue weighted by Crippen LogP contribution is -2.26. The van der Waals surface area contributed by atoms with Crippen molar-refractivity contribution >= 4 is 0 Å². The normalized spacial score (nSPS) is 13.2. The van der Waals surface area contributed by atoms with Crippen LogP contribution in [-0.4, -0.2) is 12.4 Å². The molecule has 1 aromatic rings. The van der Waals surface area contributed by atoms with Crippen LogP contribution in [0.15, 0.2) is 24.3 Å². The molecular weight excluding hydrogens is 279 g/mol. The molecule has 1 aromatic carbocycles. The molecule has 1 N–H and O–H groups in total. The molecule has 1 atom stereocenters. The predicted octanol–water partition coefficient (Wildman–Crippen LogP) is 5.03. The Morgan fingerprint density at radius 2 is 1.86 bits per heavy atom. The van der Waals surface area contributed by atoms with Crippen LogP contribution < -0.4 is 10.1 Å². The van der Waals surface area contributed by atoms with Crippen molar-refractivity contribution in [3.8, 4) is 5.75 Å². The molecule has 0 aliphatic heterocycles. The van der Waals surface area contributed by atoms with Crippen molar-refractivity contribution in [3.05, 3.63) is 29.8 Å². The fourth-order valence-corrected chi connectivity index (χ4v) is 2.14. The number of hydrogen-bond acceptors (Lipinski definition) is 2. The third kappa shape index (κ3) is 7.95. The molecule has 1 rings (SSSR count). The Bertz CT molecular complexity index is 407. The maximum atomic E-state index is 12.3. The van der Waals surface area contributed by atoms with Gasteiger partial charge in [-0.1, -0.05) is 50.8 Å². The van der Waals surface area contributed by atoms with Gasteiger partial charge in [-0.15, -0.1) is 13.2 Å². The molecule has 0 heterocycles. The van der Waals surface area contributed by atoms with Gasteiger partial charge >= 0.3 is 6.36 Å². The third-order valence-electron chi connectivity index (χ3n) is 3.33. The molecule has 0 spiro atoms. The van der Waals surface area contributed by atoms with Gasteiger partial charge in [0.2, 0.25) is 0 Å². The van der Waals surface area contributed by atoms with E-state index in [-0.39, 0.29) is 11.8 Å². The quantitative estimate of drug-likeness (QED) is 0.646. The molecule has 0 saturated heterocycles. The molecule has 1 unspecified atom stereocenters. The summed E-state index contributed by atoms with van der Waals surface area (Å²) in [6, 6.07) is 6.53. The van der Waals surface area contributed by atoms with E-state index in [0.717, 1.165) is 12.8 Å². The SMILES string of the molecule is CCCCCCC(C)NCc1ccccc1OC(F)(F)F. The van der Waals surface area contributed by atoms with Crippen molar-refractivity contribution in [1.82, 2.24) is 5.32 Å². The second-order valence-electron chi connectivity index (χ2n) is 5.29. The number of ether oxygens (including phenoxy) is 1. The van der Waals surface area contributed by atoms with Crippen molar-refractivity contribution in [2.24, 2.45) is 0 Å². The maximum Gasteiger partial charge on any atom is 0.573 e. The molecule has 0 radical (unpaired) electrons. The first kappa shape index (κ1) is 17.8. The highest BCUT2D eigenvalue weighted by Gasteiger charge is 2.31. The van der Waals surface area contributed by atoms with Crippen LogP contribution in [0, 0.1) is 0 Å². The van der Waals surface area contributed by atoms with Crippen molar-refractivity contribution < 1.29 is 17.9 Å². The molecule has 0 aliphatic carbocycles. The summed E-state index contributed by atoms with van der Waals surface area (Å²) in [5, 5.41) is 3.25. The van der Waals surface area contributed by atoms with Crippen LogP contribution >= 0.6 is 0 Å². The zero-order chi connectivity index (χ0) is 15.7. The summed E-state index contributed by atoms with van der Waals surface area (Å²) < 4.78 is 41.0. The number of halogens is 3. The van der Waals surface area contributed by atoms with E-state index in [1.165, 1.54) is 25.3 Å². The summed E-state index contributed by atoms with van der Waals surface area (Å²) in [6.07, 6.45) is 1.15. The van der Waals surface area contributed by atoms with Crippen LogP contribution in [0.2, 0.25) is 0 Å². The zero-order valence-corrected chi connectivity index (χ0v) is 12.7. The molecule has 0 bridgehead atoms. The summed E-state index contributed by atoms with van der Waals surface area (Å²) >= 11 is 0. The van der Waals surface area contributed by atoms with Crippen LogP contribution in [0.25, 0.3) is 0 Å². The Morgan fingerprint density at radius 3 is 2.52 bits per heavy atom. The van der Waals surface area contributed by atoms with E-state index in [9.17, 15) is 13.2 Å². The molecule has 5 heteroatoms. The first-order chi connectivity index (χ1) is 9.92. The Labute approximate surface area is 124 Å². The van der Waals surface area contributed by atoms with Crippen LogP contribution in [0.3, 0.4) is 0 Å². The Morgan fingerprint density at radius 1 is 1.14 bits per heavy atom. The van der Waals surface area contributed by atoms with Crippen molar-refractivity contribution in [2.75, 3.05) is 0 Å². The second kappa shape index (κ2) is 8.93. The summed E-state index contributed by atoms with van der Waals surface area (Å²) in [5.74, 6) is -0.129. The van der Waals surface area contributed by atoms with Gasteiger partial charge in [-0.3, -0.25) is 0 Å².